The first-order valence-electron chi connectivity index (χ1n) is 6.11. The van der Waals surface area contributed by atoms with E-state index in [4.69, 9.17) is 23.2 Å². The fraction of sp³-hybridized carbons (Fsp3) is 0.385. The summed E-state index contributed by atoms with van der Waals surface area (Å²) in [5, 5.41) is 0. The molecule has 1 saturated heterocycles. The van der Waals surface area contributed by atoms with Gasteiger partial charge in [0.1, 0.15) is 0 Å². The lowest BCUT2D eigenvalue weighted by Gasteiger charge is -2.35. The van der Waals surface area contributed by atoms with Crippen molar-refractivity contribution in [1.29, 1.82) is 0 Å². The SMILES string of the molecule is O=C(c1cccc(Br)c1)N1CCN(C(=O)C(Cl)Cl)CC1. The van der Waals surface area contributed by atoms with Crippen LogP contribution in [0.5, 0.6) is 0 Å². The highest BCUT2D eigenvalue weighted by molar-refractivity contribution is 9.10. The molecule has 2 amide bonds. The van der Waals surface area contributed by atoms with Gasteiger partial charge >= 0.3 is 0 Å². The first-order chi connectivity index (χ1) is 9.49. The van der Waals surface area contributed by atoms with Gasteiger partial charge in [-0.25, -0.2) is 0 Å². The fourth-order valence-electron chi connectivity index (χ4n) is 2.07. The Kier molecular flexibility index (Phi) is 5.29. The van der Waals surface area contributed by atoms with E-state index in [2.05, 4.69) is 15.9 Å². The van der Waals surface area contributed by atoms with Crippen LogP contribution in [-0.2, 0) is 4.79 Å². The molecule has 1 heterocycles. The molecule has 2 rings (SSSR count). The number of carbonyl (C=O) groups is 2. The molecule has 1 fully saturated rings. The van der Waals surface area contributed by atoms with Crippen LogP contribution in [0.3, 0.4) is 0 Å². The molecule has 0 atom stereocenters. The summed E-state index contributed by atoms with van der Waals surface area (Å²) in [6, 6.07) is 7.25. The quantitative estimate of drug-likeness (QED) is 0.741. The minimum atomic E-state index is -1.04. The summed E-state index contributed by atoms with van der Waals surface area (Å²) in [5.41, 5.74) is 0.631. The highest BCUT2D eigenvalue weighted by Crippen LogP contribution is 2.16. The van der Waals surface area contributed by atoms with Gasteiger partial charge in [0.05, 0.1) is 0 Å². The summed E-state index contributed by atoms with van der Waals surface area (Å²) in [6.07, 6.45) is 0. The third-order valence-electron chi connectivity index (χ3n) is 3.14. The van der Waals surface area contributed by atoms with Crippen LogP contribution in [0.4, 0.5) is 0 Å². The minimum Gasteiger partial charge on any atom is -0.337 e. The number of piperazine rings is 1. The number of benzene rings is 1. The van der Waals surface area contributed by atoms with Gasteiger partial charge in [0, 0.05) is 36.2 Å². The molecule has 0 radical (unpaired) electrons. The van der Waals surface area contributed by atoms with Gasteiger partial charge in [-0.1, -0.05) is 45.2 Å². The number of nitrogens with zero attached hydrogens (tertiary/aromatic N) is 2. The molecule has 108 valence electrons. The smallest absolute Gasteiger partial charge is 0.255 e. The van der Waals surface area contributed by atoms with Crippen LogP contribution in [0.2, 0.25) is 0 Å². The molecule has 1 aliphatic heterocycles. The predicted octanol–water partition coefficient (Wildman–Crippen LogP) is 2.54. The average Bonchev–Trinajstić information content (AvgIpc) is 2.46. The van der Waals surface area contributed by atoms with E-state index in [0.717, 1.165) is 4.47 Å². The maximum absolute atomic E-state index is 12.3. The van der Waals surface area contributed by atoms with E-state index in [1.807, 2.05) is 12.1 Å². The molecule has 20 heavy (non-hydrogen) atoms. The Hall–Kier alpha value is -0.780. The Morgan fingerprint density at radius 3 is 2.25 bits per heavy atom. The molecule has 1 aromatic rings. The van der Waals surface area contributed by atoms with Crippen molar-refractivity contribution >= 4 is 50.9 Å². The second-order valence-corrected chi connectivity index (χ2v) is 6.44. The lowest BCUT2D eigenvalue weighted by Crippen LogP contribution is -2.51. The third-order valence-corrected chi connectivity index (χ3v) is 4.00. The van der Waals surface area contributed by atoms with Crippen LogP contribution in [0.15, 0.2) is 28.7 Å². The van der Waals surface area contributed by atoms with Crippen molar-refractivity contribution in [2.24, 2.45) is 0 Å². The number of halogens is 3. The lowest BCUT2D eigenvalue weighted by molar-refractivity contribution is -0.130. The summed E-state index contributed by atoms with van der Waals surface area (Å²) in [6.45, 7) is 1.87. The number of alkyl halides is 2. The number of amides is 2. The zero-order valence-electron chi connectivity index (χ0n) is 10.6. The van der Waals surface area contributed by atoms with E-state index in [1.54, 1.807) is 21.9 Å². The van der Waals surface area contributed by atoms with Crippen molar-refractivity contribution in [1.82, 2.24) is 9.80 Å². The molecule has 0 bridgehead atoms. The molecule has 7 heteroatoms. The van der Waals surface area contributed by atoms with Gasteiger partial charge in [-0.2, -0.15) is 0 Å². The predicted molar refractivity (Wildman–Crippen MR) is 82.1 cm³/mol. The number of rotatable bonds is 2. The summed E-state index contributed by atoms with van der Waals surface area (Å²) < 4.78 is 0.865. The average molecular weight is 380 g/mol. The standard InChI is InChI=1S/C13H13BrCl2N2O2/c14-10-3-1-2-9(8-10)12(19)17-4-6-18(7-5-17)13(20)11(15)16/h1-3,8,11H,4-7H2. The van der Waals surface area contributed by atoms with Crippen molar-refractivity contribution in [3.05, 3.63) is 34.3 Å². The first-order valence-corrected chi connectivity index (χ1v) is 7.77. The van der Waals surface area contributed by atoms with E-state index >= 15 is 0 Å². The Balaban J connectivity index is 1.97. The molecule has 1 aromatic carbocycles. The normalized spacial score (nSPS) is 15.6. The van der Waals surface area contributed by atoms with Crippen LogP contribution in [-0.4, -0.2) is 52.6 Å². The Morgan fingerprint density at radius 2 is 1.70 bits per heavy atom. The minimum absolute atomic E-state index is 0.0355. The largest absolute Gasteiger partial charge is 0.337 e. The van der Waals surface area contributed by atoms with E-state index in [-0.39, 0.29) is 11.8 Å². The maximum atomic E-state index is 12.3. The second-order valence-electron chi connectivity index (χ2n) is 4.43. The van der Waals surface area contributed by atoms with Gasteiger partial charge in [0.15, 0.2) is 4.84 Å². The summed E-state index contributed by atoms with van der Waals surface area (Å²) in [7, 11) is 0. The highest BCUT2D eigenvalue weighted by atomic mass is 79.9. The van der Waals surface area contributed by atoms with E-state index < -0.39 is 4.84 Å². The summed E-state index contributed by atoms with van der Waals surface area (Å²) >= 11 is 14.5. The molecule has 0 aliphatic carbocycles. The van der Waals surface area contributed by atoms with Crippen molar-refractivity contribution in [2.75, 3.05) is 26.2 Å². The molecule has 0 N–H and O–H groups in total. The first kappa shape index (κ1) is 15.6. The molecular weight excluding hydrogens is 367 g/mol. The molecule has 1 aliphatic rings. The van der Waals surface area contributed by atoms with Crippen LogP contribution < -0.4 is 0 Å². The van der Waals surface area contributed by atoms with Crippen molar-refractivity contribution < 1.29 is 9.59 Å². The molecule has 0 aromatic heterocycles. The van der Waals surface area contributed by atoms with Crippen LogP contribution >= 0.6 is 39.1 Å². The van der Waals surface area contributed by atoms with Gasteiger partial charge in [-0.05, 0) is 18.2 Å². The summed E-state index contributed by atoms with van der Waals surface area (Å²) in [5.74, 6) is -0.338. The van der Waals surface area contributed by atoms with Crippen LogP contribution in [0.1, 0.15) is 10.4 Å². The van der Waals surface area contributed by atoms with Crippen LogP contribution in [0, 0.1) is 0 Å². The molecular formula is C13H13BrCl2N2O2. The number of hydrogen-bond acceptors (Lipinski definition) is 2. The van der Waals surface area contributed by atoms with Gasteiger partial charge in [0.25, 0.3) is 11.8 Å². The second kappa shape index (κ2) is 6.78. The Labute approximate surface area is 135 Å². The molecule has 0 spiro atoms. The van der Waals surface area contributed by atoms with E-state index in [0.29, 0.717) is 31.7 Å². The van der Waals surface area contributed by atoms with E-state index in [9.17, 15) is 9.59 Å². The van der Waals surface area contributed by atoms with Gasteiger partial charge in [0.2, 0.25) is 0 Å². The van der Waals surface area contributed by atoms with E-state index in [1.165, 1.54) is 0 Å². The van der Waals surface area contributed by atoms with Crippen molar-refractivity contribution in [3.63, 3.8) is 0 Å². The zero-order valence-corrected chi connectivity index (χ0v) is 13.7. The monoisotopic (exact) mass is 378 g/mol. The van der Waals surface area contributed by atoms with Gasteiger partial charge < -0.3 is 9.80 Å². The van der Waals surface area contributed by atoms with Crippen LogP contribution in [0.25, 0.3) is 0 Å². The van der Waals surface area contributed by atoms with Crippen molar-refractivity contribution in [2.45, 2.75) is 4.84 Å². The van der Waals surface area contributed by atoms with Gasteiger partial charge in [-0.15, -0.1) is 0 Å². The number of hydrogen-bond donors (Lipinski definition) is 0. The highest BCUT2D eigenvalue weighted by Gasteiger charge is 2.27. The number of carbonyl (C=O) groups excluding carboxylic acids is 2. The van der Waals surface area contributed by atoms with Gasteiger partial charge in [-0.3, -0.25) is 9.59 Å². The third kappa shape index (κ3) is 3.65. The molecule has 4 nitrogen and oxygen atoms in total. The fourth-order valence-corrected chi connectivity index (χ4v) is 2.75. The Bertz CT molecular complexity index is 517. The topological polar surface area (TPSA) is 40.6 Å². The lowest BCUT2D eigenvalue weighted by atomic mass is 10.2. The molecule has 0 saturated carbocycles. The van der Waals surface area contributed by atoms with Crippen molar-refractivity contribution in [3.8, 4) is 0 Å². The molecule has 0 unspecified atom stereocenters. The zero-order chi connectivity index (χ0) is 14.7. The Morgan fingerprint density at radius 1 is 1.10 bits per heavy atom. The summed E-state index contributed by atoms with van der Waals surface area (Å²) in [4.78, 5) is 26.2. The maximum Gasteiger partial charge on any atom is 0.255 e.